The smallest absolute Gasteiger partial charge is 0.277 e. The third-order valence-corrected chi connectivity index (χ3v) is 4.88. The molecule has 0 aliphatic rings. The molecule has 5 heteroatoms. The van der Waals surface area contributed by atoms with Crippen LogP contribution in [0.3, 0.4) is 0 Å². The van der Waals surface area contributed by atoms with E-state index in [9.17, 15) is 0 Å². The second kappa shape index (κ2) is 7.32. The molecular weight excluding hydrogens is 330 g/mol. The summed E-state index contributed by atoms with van der Waals surface area (Å²) < 4.78 is 5.84. The van der Waals surface area contributed by atoms with Gasteiger partial charge in [-0.1, -0.05) is 72.4 Å². The molecule has 4 aromatic rings. The van der Waals surface area contributed by atoms with Crippen molar-refractivity contribution in [1.29, 1.82) is 0 Å². The molecule has 2 aromatic carbocycles. The highest BCUT2D eigenvalue weighted by molar-refractivity contribution is 7.99. The zero-order valence-corrected chi connectivity index (χ0v) is 14.1. The maximum atomic E-state index is 5.84. The molecule has 0 atom stereocenters. The highest BCUT2D eigenvalue weighted by atomic mass is 32.2. The van der Waals surface area contributed by atoms with Crippen molar-refractivity contribution in [3.05, 3.63) is 96.3 Å². The molecule has 4 nitrogen and oxygen atoms in total. The number of benzene rings is 2. The fourth-order valence-electron chi connectivity index (χ4n) is 2.55. The Bertz CT molecular complexity index is 887. The van der Waals surface area contributed by atoms with Gasteiger partial charge in [-0.05, 0) is 23.3 Å². The largest absolute Gasteiger partial charge is 0.411 e. The Morgan fingerprint density at radius 1 is 0.760 bits per heavy atom. The van der Waals surface area contributed by atoms with Gasteiger partial charge in [0.05, 0.1) is 10.8 Å². The van der Waals surface area contributed by atoms with Gasteiger partial charge in [-0.25, -0.2) is 0 Å². The third kappa shape index (κ3) is 3.61. The number of hydrogen-bond acceptors (Lipinski definition) is 5. The summed E-state index contributed by atoms with van der Waals surface area (Å²) in [6.07, 6.45) is 3.43. The second-order valence-corrected chi connectivity index (χ2v) is 6.49. The van der Waals surface area contributed by atoms with Gasteiger partial charge < -0.3 is 4.42 Å². The SMILES string of the molecule is c1ccc(C(Sc2nnc(-c3cccnc3)o2)c2ccccc2)cc1. The molecule has 122 valence electrons. The van der Waals surface area contributed by atoms with Gasteiger partial charge in [0.2, 0.25) is 5.89 Å². The number of nitrogens with zero attached hydrogens (tertiary/aromatic N) is 3. The molecule has 0 saturated heterocycles. The first-order chi connectivity index (χ1) is 12.4. The maximum absolute atomic E-state index is 5.84. The van der Waals surface area contributed by atoms with E-state index in [0.717, 1.165) is 5.56 Å². The predicted molar refractivity (Wildman–Crippen MR) is 98.1 cm³/mol. The molecule has 0 spiro atoms. The first-order valence-electron chi connectivity index (χ1n) is 7.90. The van der Waals surface area contributed by atoms with Gasteiger partial charge in [0.15, 0.2) is 0 Å². The lowest BCUT2D eigenvalue weighted by molar-refractivity contribution is 0.465. The minimum Gasteiger partial charge on any atom is -0.411 e. The molecular formula is C20H15N3OS. The van der Waals surface area contributed by atoms with Gasteiger partial charge in [-0.15, -0.1) is 10.2 Å². The molecule has 0 N–H and O–H groups in total. The molecule has 25 heavy (non-hydrogen) atoms. The Balaban J connectivity index is 1.65. The quantitative estimate of drug-likeness (QED) is 0.476. The van der Waals surface area contributed by atoms with Gasteiger partial charge >= 0.3 is 0 Å². The molecule has 2 heterocycles. The van der Waals surface area contributed by atoms with E-state index in [-0.39, 0.29) is 5.25 Å². The first kappa shape index (κ1) is 15.6. The second-order valence-electron chi connectivity index (χ2n) is 5.43. The first-order valence-corrected chi connectivity index (χ1v) is 8.78. The van der Waals surface area contributed by atoms with Crippen LogP contribution in [-0.2, 0) is 0 Å². The summed E-state index contributed by atoms with van der Waals surface area (Å²) in [5.74, 6) is 0.482. The van der Waals surface area contributed by atoms with E-state index in [0.29, 0.717) is 11.1 Å². The van der Waals surface area contributed by atoms with Crippen LogP contribution in [0.25, 0.3) is 11.5 Å². The molecule has 0 aliphatic heterocycles. The minimum atomic E-state index is 0.0876. The zero-order chi connectivity index (χ0) is 16.9. The van der Waals surface area contributed by atoms with Crippen molar-refractivity contribution in [3.63, 3.8) is 0 Å². The van der Waals surface area contributed by atoms with Crippen LogP contribution in [0.5, 0.6) is 0 Å². The number of aromatic nitrogens is 3. The van der Waals surface area contributed by atoms with Crippen molar-refractivity contribution < 1.29 is 4.42 Å². The van der Waals surface area contributed by atoms with Crippen molar-refractivity contribution in [3.8, 4) is 11.5 Å². The Kier molecular flexibility index (Phi) is 4.57. The molecule has 4 rings (SSSR count). The molecule has 0 fully saturated rings. The van der Waals surface area contributed by atoms with E-state index in [1.807, 2.05) is 48.5 Å². The Labute approximate surface area is 150 Å². The fourth-order valence-corrected chi connectivity index (χ4v) is 3.55. The molecule has 0 bridgehead atoms. The van der Waals surface area contributed by atoms with Crippen LogP contribution in [0, 0.1) is 0 Å². The minimum absolute atomic E-state index is 0.0876. The van der Waals surface area contributed by atoms with Crippen LogP contribution < -0.4 is 0 Å². The highest BCUT2D eigenvalue weighted by Crippen LogP contribution is 2.40. The van der Waals surface area contributed by atoms with Crippen LogP contribution in [0.2, 0.25) is 0 Å². The number of pyridine rings is 1. The molecule has 2 aromatic heterocycles. The van der Waals surface area contributed by atoms with Gasteiger partial charge in [-0.3, -0.25) is 4.98 Å². The van der Waals surface area contributed by atoms with Crippen molar-refractivity contribution in [1.82, 2.24) is 15.2 Å². The highest BCUT2D eigenvalue weighted by Gasteiger charge is 2.19. The van der Waals surface area contributed by atoms with Crippen LogP contribution in [0.15, 0.2) is 94.8 Å². The number of thioether (sulfide) groups is 1. The molecule has 0 radical (unpaired) electrons. The third-order valence-electron chi connectivity index (χ3n) is 3.74. The molecule has 0 unspecified atom stereocenters. The Hall–Kier alpha value is -2.92. The van der Waals surface area contributed by atoms with E-state index in [2.05, 4.69) is 39.4 Å². The van der Waals surface area contributed by atoms with Gasteiger partial charge in [-0.2, -0.15) is 0 Å². The van der Waals surface area contributed by atoms with Gasteiger partial charge in [0.25, 0.3) is 5.22 Å². The van der Waals surface area contributed by atoms with E-state index >= 15 is 0 Å². The molecule has 0 saturated carbocycles. The van der Waals surface area contributed by atoms with Crippen LogP contribution in [0.1, 0.15) is 16.4 Å². The van der Waals surface area contributed by atoms with Crippen molar-refractivity contribution >= 4 is 11.8 Å². The standard InChI is InChI=1S/C20H15N3OS/c1-3-8-15(9-4-1)18(16-10-5-2-6-11-16)25-20-23-22-19(24-20)17-12-7-13-21-14-17/h1-14,18H. The van der Waals surface area contributed by atoms with Gasteiger partial charge in [0.1, 0.15) is 0 Å². The summed E-state index contributed by atoms with van der Waals surface area (Å²) >= 11 is 1.55. The lowest BCUT2D eigenvalue weighted by Crippen LogP contribution is -1.96. The van der Waals surface area contributed by atoms with Crippen LogP contribution in [-0.4, -0.2) is 15.2 Å². The number of hydrogen-bond donors (Lipinski definition) is 0. The topological polar surface area (TPSA) is 51.8 Å². The monoisotopic (exact) mass is 345 g/mol. The van der Waals surface area contributed by atoms with Crippen molar-refractivity contribution in [2.45, 2.75) is 10.5 Å². The summed E-state index contributed by atoms with van der Waals surface area (Å²) in [5.41, 5.74) is 3.21. The normalized spacial score (nSPS) is 10.9. The summed E-state index contributed by atoms with van der Waals surface area (Å²) in [5, 5.41) is 8.98. The average Bonchev–Trinajstić information content (AvgIpc) is 3.17. The lowest BCUT2D eigenvalue weighted by atomic mass is 10.0. The summed E-state index contributed by atoms with van der Waals surface area (Å²) in [6, 6.07) is 24.4. The molecule has 0 aliphatic carbocycles. The predicted octanol–water partition coefficient (Wildman–Crippen LogP) is 5.01. The number of rotatable bonds is 5. The summed E-state index contributed by atoms with van der Waals surface area (Å²) in [7, 11) is 0. The lowest BCUT2D eigenvalue weighted by Gasteiger charge is -2.15. The fraction of sp³-hybridized carbons (Fsp3) is 0.0500. The zero-order valence-electron chi connectivity index (χ0n) is 13.3. The van der Waals surface area contributed by atoms with Crippen LogP contribution >= 0.6 is 11.8 Å². The average molecular weight is 345 g/mol. The van der Waals surface area contributed by atoms with Crippen LogP contribution in [0.4, 0.5) is 0 Å². The van der Waals surface area contributed by atoms with E-state index in [1.54, 1.807) is 24.2 Å². The van der Waals surface area contributed by atoms with E-state index < -0.39 is 0 Å². The van der Waals surface area contributed by atoms with E-state index in [1.165, 1.54) is 11.1 Å². The van der Waals surface area contributed by atoms with Crippen molar-refractivity contribution in [2.75, 3.05) is 0 Å². The maximum Gasteiger partial charge on any atom is 0.277 e. The molecule has 0 amide bonds. The van der Waals surface area contributed by atoms with Gasteiger partial charge in [0, 0.05) is 12.4 Å². The summed E-state index contributed by atoms with van der Waals surface area (Å²) in [6.45, 7) is 0. The Morgan fingerprint density at radius 2 is 1.44 bits per heavy atom. The van der Waals surface area contributed by atoms with Crippen molar-refractivity contribution in [2.24, 2.45) is 0 Å². The Morgan fingerprint density at radius 3 is 2.04 bits per heavy atom. The summed E-state index contributed by atoms with van der Waals surface area (Å²) in [4.78, 5) is 4.09. The van der Waals surface area contributed by atoms with E-state index in [4.69, 9.17) is 4.42 Å².